The average Bonchev–Trinajstić information content (AvgIpc) is 3.22. The fourth-order valence-corrected chi connectivity index (χ4v) is 4.77. The van der Waals surface area contributed by atoms with Gasteiger partial charge in [-0.25, -0.2) is 4.79 Å². The molecule has 6 nitrogen and oxygen atoms in total. The Morgan fingerprint density at radius 1 is 1.41 bits per heavy atom. The smallest absolute Gasteiger partial charge is 0.318 e. The van der Waals surface area contributed by atoms with E-state index in [1.54, 1.807) is 17.4 Å². The second-order valence-electron chi connectivity index (χ2n) is 8.15. The third-order valence-corrected chi connectivity index (χ3v) is 6.75. The van der Waals surface area contributed by atoms with Crippen molar-refractivity contribution in [2.75, 3.05) is 26.2 Å². The van der Waals surface area contributed by atoms with Crippen molar-refractivity contribution in [2.24, 2.45) is 0 Å². The highest BCUT2D eigenvalue weighted by atomic mass is 35.5. The maximum atomic E-state index is 13.3. The first-order valence-corrected chi connectivity index (χ1v) is 12.0. The molecule has 1 aliphatic heterocycles. The molecule has 1 atom stereocenters. The van der Waals surface area contributed by atoms with Crippen LogP contribution in [0.25, 0.3) is 0 Å². The lowest BCUT2D eigenvalue weighted by Gasteiger charge is -2.37. The van der Waals surface area contributed by atoms with Gasteiger partial charge in [-0.3, -0.25) is 4.79 Å². The van der Waals surface area contributed by atoms with Gasteiger partial charge in [0.2, 0.25) is 5.91 Å². The van der Waals surface area contributed by atoms with E-state index in [1.165, 1.54) is 9.78 Å². The number of thiophene rings is 1. The molecule has 0 saturated carbocycles. The number of urea groups is 1. The maximum Gasteiger partial charge on any atom is 0.318 e. The number of fused-ring (bicyclic) bond motifs is 1. The molecule has 1 N–H and O–H groups in total. The van der Waals surface area contributed by atoms with Crippen LogP contribution in [0.5, 0.6) is 5.75 Å². The number of benzene rings is 1. The van der Waals surface area contributed by atoms with Gasteiger partial charge < -0.3 is 19.9 Å². The number of hydrogen-bond acceptors (Lipinski definition) is 4. The number of carbonyl (C=O) groups excluding carboxylic acids is 2. The zero-order valence-corrected chi connectivity index (χ0v) is 20.3. The van der Waals surface area contributed by atoms with Gasteiger partial charge in [-0.05, 0) is 68.0 Å². The number of ether oxygens (including phenoxy) is 1. The highest BCUT2D eigenvalue weighted by Gasteiger charge is 2.33. The summed E-state index contributed by atoms with van der Waals surface area (Å²) in [6.45, 7) is 10.6. The van der Waals surface area contributed by atoms with Crippen molar-refractivity contribution in [1.82, 2.24) is 15.1 Å². The Labute approximate surface area is 198 Å². The van der Waals surface area contributed by atoms with Crippen molar-refractivity contribution < 1.29 is 14.3 Å². The fraction of sp³-hybridized carbons (Fsp3) is 0.417. The largest absolute Gasteiger partial charge is 0.491 e. The van der Waals surface area contributed by atoms with E-state index in [1.807, 2.05) is 43.9 Å². The Balaban J connectivity index is 1.76. The van der Waals surface area contributed by atoms with E-state index in [0.29, 0.717) is 30.5 Å². The van der Waals surface area contributed by atoms with E-state index >= 15 is 0 Å². The summed E-state index contributed by atoms with van der Waals surface area (Å²) in [5.41, 5.74) is 2.05. The summed E-state index contributed by atoms with van der Waals surface area (Å²) in [5.74, 6) is 0.606. The third-order valence-electron chi connectivity index (χ3n) is 5.33. The molecule has 0 bridgehead atoms. The van der Waals surface area contributed by atoms with Crippen LogP contribution in [0.3, 0.4) is 0 Å². The molecular formula is C24H30ClN3O3S. The van der Waals surface area contributed by atoms with Gasteiger partial charge in [0.15, 0.2) is 0 Å². The second-order valence-corrected chi connectivity index (χ2v) is 9.56. The van der Waals surface area contributed by atoms with Crippen LogP contribution < -0.4 is 10.1 Å². The predicted octanol–water partition coefficient (Wildman–Crippen LogP) is 4.82. The van der Waals surface area contributed by atoms with E-state index in [2.05, 4.69) is 23.3 Å². The molecule has 3 amide bonds. The number of nitrogens with one attached hydrogen (secondary N) is 1. The van der Waals surface area contributed by atoms with Crippen LogP contribution in [0.15, 0.2) is 42.3 Å². The topological polar surface area (TPSA) is 61.9 Å². The highest BCUT2D eigenvalue weighted by Crippen LogP contribution is 2.34. The molecule has 0 radical (unpaired) electrons. The Kier molecular flexibility index (Phi) is 8.21. The molecule has 2 heterocycles. The SMILES string of the molecule is C=CCN(CC(=O)N1CCc2sccc2[C@H]1COc1ccc(Cl)c(C)c1)C(=O)NC(C)C. The van der Waals surface area contributed by atoms with Gasteiger partial charge in [-0.2, -0.15) is 0 Å². The summed E-state index contributed by atoms with van der Waals surface area (Å²) < 4.78 is 6.08. The lowest BCUT2D eigenvalue weighted by Crippen LogP contribution is -2.50. The first-order chi connectivity index (χ1) is 15.3. The molecule has 1 aromatic heterocycles. The van der Waals surface area contributed by atoms with Gasteiger partial charge in [0.25, 0.3) is 0 Å². The van der Waals surface area contributed by atoms with Crippen LogP contribution in [0, 0.1) is 6.92 Å². The van der Waals surface area contributed by atoms with E-state index in [-0.39, 0.29) is 30.6 Å². The van der Waals surface area contributed by atoms with Gasteiger partial charge in [-0.1, -0.05) is 17.7 Å². The molecule has 1 aliphatic rings. The minimum Gasteiger partial charge on any atom is -0.491 e. The van der Waals surface area contributed by atoms with Gasteiger partial charge in [-0.15, -0.1) is 17.9 Å². The molecule has 0 fully saturated rings. The number of halogens is 1. The minimum absolute atomic E-state index is 0.0133. The van der Waals surface area contributed by atoms with Crippen LogP contribution in [-0.4, -0.2) is 54.0 Å². The highest BCUT2D eigenvalue weighted by molar-refractivity contribution is 7.10. The van der Waals surface area contributed by atoms with Gasteiger partial charge in [0.1, 0.15) is 18.9 Å². The summed E-state index contributed by atoms with van der Waals surface area (Å²) in [7, 11) is 0. The van der Waals surface area contributed by atoms with Crippen molar-refractivity contribution in [3.05, 3.63) is 63.3 Å². The summed E-state index contributed by atoms with van der Waals surface area (Å²) in [5, 5.41) is 5.59. The van der Waals surface area contributed by atoms with Crippen LogP contribution >= 0.6 is 22.9 Å². The number of hydrogen-bond donors (Lipinski definition) is 1. The molecule has 0 saturated heterocycles. The van der Waals surface area contributed by atoms with E-state index in [4.69, 9.17) is 16.3 Å². The Hall–Kier alpha value is -2.51. The Morgan fingerprint density at radius 3 is 2.88 bits per heavy atom. The maximum absolute atomic E-state index is 13.3. The summed E-state index contributed by atoms with van der Waals surface area (Å²) >= 11 is 7.83. The Bertz CT molecular complexity index is 975. The van der Waals surface area contributed by atoms with Crippen molar-refractivity contribution in [2.45, 2.75) is 39.3 Å². The monoisotopic (exact) mass is 475 g/mol. The van der Waals surface area contributed by atoms with Gasteiger partial charge in [0, 0.05) is 29.0 Å². The zero-order chi connectivity index (χ0) is 23.3. The molecule has 172 valence electrons. The van der Waals surface area contributed by atoms with Crippen LogP contribution in [-0.2, 0) is 11.2 Å². The first-order valence-electron chi connectivity index (χ1n) is 10.7. The number of aryl methyl sites for hydroxylation is 1. The molecular weight excluding hydrogens is 446 g/mol. The lowest BCUT2D eigenvalue weighted by atomic mass is 10.0. The van der Waals surface area contributed by atoms with Crippen LogP contribution in [0.4, 0.5) is 4.79 Å². The Morgan fingerprint density at radius 2 is 2.19 bits per heavy atom. The molecule has 32 heavy (non-hydrogen) atoms. The predicted molar refractivity (Wildman–Crippen MR) is 130 cm³/mol. The van der Waals surface area contributed by atoms with Crippen molar-refractivity contribution in [3.63, 3.8) is 0 Å². The normalized spacial score (nSPS) is 15.3. The summed E-state index contributed by atoms with van der Waals surface area (Å²) in [6, 6.07) is 7.10. The molecule has 0 spiro atoms. The van der Waals surface area contributed by atoms with Crippen LogP contribution in [0.1, 0.15) is 35.9 Å². The number of rotatable bonds is 8. The van der Waals surface area contributed by atoms with Crippen LogP contribution in [0.2, 0.25) is 5.02 Å². The third kappa shape index (κ3) is 5.84. The molecule has 8 heteroatoms. The average molecular weight is 476 g/mol. The number of nitrogens with zero attached hydrogens (tertiary/aromatic N) is 2. The van der Waals surface area contributed by atoms with Crippen molar-refractivity contribution in [3.8, 4) is 5.75 Å². The first kappa shape index (κ1) is 24.1. The quantitative estimate of drug-likeness (QED) is 0.557. The van der Waals surface area contributed by atoms with E-state index < -0.39 is 0 Å². The fourth-order valence-electron chi connectivity index (χ4n) is 3.72. The molecule has 2 aromatic rings. The number of amides is 3. The van der Waals surface area contributed by atoms with Gasteiger partial charge >= 0.3 is 6.03 Å². The second kappa shape index (κ2) is 10.9. The van der Waals surface area contributed by atoms with Gasteiger partial charge in [0.05, 0.1) is 6.04 Å². The summed E-state index contributed by atoms with van der Waals surface area (Å²) in [6.07, 6.45) is 2.43. The van der Waals surface area contributed by atoms with Crippen molar-refractivity contribution in [1.29, 1.82) is 0 Å². The molecule has 0 unspecified atom stereocenters. The molecule has 0 aliphatic carbocycles. The molecule has 3 rings (SSSR count). The molecule has 1 aromatic carbocycles. The van der Waals surface area contributed by atoms with E-state index in [0.717, 1.165) is 17.5 Å². The zero-order valence-electron chi connectivity index (χ0n) is 18.8. The minimum atomic E-state index is -0.272. The summed E-state index contributed by atoms with van der Waals surface area (Å²) in [4.78, 5) is 30.4. The standard InChI is InChI=1S/C24H30ClN3O3S/c1-5-10-27(24(30)26-16(2)3)14-23(29)28-11-8-22-19(9-12-32-22)21(28)15-31-18-6-7-20(25)17(4)13-18/h5-7,9,12-13,16,21H,1,8,10-11,14-15H2,2-4H3,(H,26,30)/t21-/m1/s1. The number of carbonyl (C=O) groups is 2. The van der Waals surface area contributed by atoms with E-state index in [9.17, 15) is 9.59 Å². The lowest BCUT2D eigenvalue weighted by molar-refractivity contribution is -0.135. The van der Waals surface area contributed by atoms with Crippen molar-refractivity contribution >= 4 is 34.9 Å².